The lowest BCUT2D eigenvalue weighted by atomic mass is 9.77. The maximum absolute atomic E-state index is 12.5. The zero-order valence-electron chi connectivity index (χ0n) is 17.1. The number of nitrogens with one attached hydrogen (secondary N) is 2. The van der Waals surface area contributed by atoms with E-state index in [0.717, 1.165) is 17.0 Å². The van der Waals surface area contributed by atoms with Crippen LogP contribution in [0.1, 0.15) is 45.7 Å². The van der Waals surface area contributed by atoms with Crippen molar-refractivity contribution in [3.8, 4) is 11.3 Å². The van der Waals surface area contributed by atoms with Crippen molar-refractivity contribution in [2.75, 3.05) is 5.32 Å². The maximum atomic E-state index is 12.5. The normalized spacial score (nSPS) is 20.6. The first-order chi connectivity index (χ1) is 13.7. The highest BCUT2D eigenvalue weighted by Gasteiger charge is 2.36. The molecule has 2 amide bonds. The third-order valence-electron chi connectivity index (χ3n) is 5.64. The van der Waals surface area contributed by atoms with Crippen LogP contribution in [0.4, 0.5) is 10.5 Å². The SMILES string of the molecule is CC1C=CCC(C(C)C(C)(C)OC(N)=O)c2cc(ccn2)-c2[nH]ncc2NC1=O. The molecule has 0 spiro atoms. The molecule has 29 heavy (non-hydrogen) atoms. The summed E-state index contributed by atoms with van der Waals surface area (Å²) in [6.07, 6.45) is 7.02. The van der Waals surface area contributed by atoms with E-state index in [9.17, 15) is 9.59 Å². The van der Waals surface area contributed by atoms with Crippen molar-refractivity contribution in [3.63, 3.8) is 0 Å². The van der Waals surface area contributed by atoms with Gasteiger partial charge >= 0.3 is 6.09 Å². The molecule has 0 radical (unpaired) electrons. The van der Waals surface area contributed by atoms with E-state index in [1.807, 2.05) is 52.0 Å². The zero-order valence-corrected chi connectivity index (χ0v) is 17.1. The minimum atomic E-state index is -0.806. The van der Waals surface area contributed by atoms with E-state index in [1.165, 1.54) is 0 Å². The van der Waals surface area contributed by atoms with Gasteiger partial charge in [0.05, 0.1) is 23.5 Å². The van der Waals surface area contributed by atoms with E-state index in [-0.39, 0.29) is 23.7 Å². The number of hydrogen-bond donors (Lipinski definition) is 3. The minimum absolute atomic E-state index is 0.0541. The molecule has 154 valence electrons. The van der Waals surface area contributed by atoms with Crippen LogP contribution in [-0.4, -0.2) is 32.8 Å². The van der Waals surface area contributed by atoms with E-state index in [0.29, 0.717) is 12.1 Å². The quantitative estimate of drug-likeness (QED) is 0.683. The predicted molar refractivity (Wildman–Crippen MR) is 110 cm³/mol. The van der Waals surface area contributed by atoms with Crippen molar-refractivity contribution in [3.05, 3.63) is 42.4 Å². The Hall–Kier alpha value is -3.16. The van der Waals surface area contributed by atoms with Gasteiger partial charge in [-0.3, -0.25) is 14.9 Å². The molecular formula is C21H27N5O3. The van der Waals surface area contributed by atoms with Crippen molar-refractivity contribution in [2.45, 2.75) is 45.6 Å². The number of H-pyrrole nitrogens is 1. The second kappa shape index (κ2) is 8.06. The number of hydrogen-bond acceptors (Lipinski definition) is 5. The first-order valence-electron chi connectivity index (χ1n) is 9.64. The molecule has 8 nitrogen and oxygen atoms in total. The molecule has 3 heterocycles. The lowest BCUT2D eigenvalue weighted by molar-refractivity contribution is -0.118. The summed E-state index contributed by atoms with van der Waals surface area (Å²) in [5.41, 5.74) is 7.56. The van der Waals surface area contributed by atoms with E-state index >= 15 is 0 Å². The first kappa shape index (κ1) is 20.6. The maximum Gasteiger partial charge on any atom is 0.405 e. The van der Waals surface area contributed by atoms with Crippen LogP contribution in [0.5, 0.6) is 0 Å². The van der Waals surface area contributed by atoms with Crippen molar-refractivity contribution < 1.29 is 14.3 Å². The fourth-order valence-corrected chi connectivity index (χ4v) is 3.59. The van der Waals surface area contributed by atoms with E-state index in [2.05, 4.69) is 20.5 Å². The number of nitrogens with zero attached hydrogens (tertiary/aromatic N) is 2. The summed E-state index contributed by atoms with van der Waals surface area (Å²) in [5, 5.41) is 9.96. The number of carbonyl (C=O) groups is 2. The number of nitrogens with two attached hydrogens (primary N) is 1. The largest absolute Gasteiger partial charge is 0.443 e. The van der Waals surface area contributed by atoms with Crippen molar-refractivity contribution in [1.82, 2.24) is 15.2 Å². The lowest BCUT2D eigenvalue weighted by Gasteiger charge is -2.36. The topological polar surface area (TPSA) is 123 Å². The van der Waals surface area contributed by atoms with Crippen LogP contribution < -0.4 is 11.1 Å². The highest BCUT2D eigenvalue weighted by atomic mass is 16.6. The Bertz CT molecular complexity index is 934. The Balaban J connectivity index is 2.08. The van der Waals surface area contributed by atoms with Gasteiger partial charge in [-0.1, -0.05) is 26.0 Å². The summed E-state index contributed by atoms with van der Waals surface area (Å²) in [5.74, 6) is -0.563. The molecule has 3 rings (SSSR count). The fourth-order valence-electron chi connectivity index (χ4n) is 3.59. The number of aromatic nitrogens is 3. The number of carbonyl (C=O) groups excluding carboxylic acids is 2. The molecule has 4 N–H and O–H groups in total. The smallest absolute Gasteiger partial charge is 0.405 e. The lowest BCUT2D eigenvalue weighted by Crippen LogP contribution is -2.40. The summed E-state index contributed by atoms with van der Waals surface area (Å²) >= 11 is 0. The summed E-state index contributed by atoms with van der Waals surface area (Å²) < 4.78 is 5.39. The average molecular weight is 397 g/mol. The molecule has 0 aliphatic carbocycles. The van der Waals surface area contributed by atoms with Crippen LogP contribution in [0.15, 0.2) is 36.7 Å². The predicted octanol–water partition coefficient (Wildman–Crippen LogP) is 3.60. The standard InChI is InChI=1S/C21H27N5O3/c1-12-6-5-7-15(13(2)21(3,4)29-20(22)28)16-10-14(8-9-23-16)18-17(11-24-26-18)25-19(12)27/h5-6,8-13,15H,7H2,1-4H3,(H2,22,28)(H,24,26)(H,25,27). The molecule has 0 saturated carbocycles. The first-order valence-corrected chi connectivity index (χ1v) is 9.64. The van der Waals surface area contributed by atoms with Gasteiger partial charge in [0.15, 0.2) is 0 Å². The van der Waals surface area contributed by atoms with Gasteiger partial charge in [-0.05, 0) is 32.4 Å². The minimum Gasteiger partial charge on any atom is -0.443 e. The molecule has 2 bridgehead atoms. The van der Waals surface area contributed by atoms with Crippen LogP contribution in [-0.2, 0) is 9.53 Å². The number of rotatable bonds is 3. The summed E-state index contributed by atoms with van der Waals surface area (Å²) in [4.78, 5) is 28.5. The van der Waals surface area contributed by atoms with Gasteiger partial charge in [0, 0.05) is 29.3 Å². The number of anilines is 1. The van der Waals surface area contributed by atoms with Crippen LogP contribution in [0.2, 0.25) is 0 Å². The zero-order chi connectivity index (χ0) is 21.2. The molecule has 8 heteroatoms. The van der Waals surface area contributed by atoms with E-state index in [4.69, 9.17) is 10.5 Å². The average Bonchev–Trinajstić information content (AvgIpc) is 3.11. The third-order valence-corrected chi connectivity index (χ3v) is 5.64. The molecular weight excluding hydrogens is 370 g/mol. The number of aromatic amines is 1. The molecule has 0 saturated heterocycles. The highest BCUT2D eigenvalue weighted by molar-refractivity contribution is 5.96. The van der Waals surface area contributed by atoms with Gasteiger partial charge in [-0.25, -0.2) is 4.79 Å². The van der Waals surface area contributed by atoms with Gasteiger partial charge in [0.25, 0.3) is 0 Å². The van der Waals surface area contributed by atoms with E-state index in [1.54, 1.807) is 12.4 Å². The molecule has 3 unspecified atom stereocenters. The Morgan fingerprint density at radius 2 is 2.17 bits per heavy atom. The summed E-state index contributed by atoms with van der Waals surface area (Å²) in [7, 11) is 0. The number of allylic oxidation sites excluding steroid dienone is 1. The number of amides is 2. The monoisotopic (exact) mass is 397 g/mol. The highest BCUT2D eigenvalue weighted by Crippen LogP contribution is 2.38. The molecule has 2 aromatic rings. The van der Waals surface area contributed by atoms with Crippen LogP contribution in [0.25, 0.3) is 11.3 Å². The molecule has 2 aromatic heterocycles. The second-order valence-corrected chi connectivity index (χ2v) is 7.99. The van der Waals surface area contributed by atoms with Gasteiger partial charge in [-0.15, -0.1) is 0 Å². The fraction of sp³-hybridized carbons (Fsp3) is 0.429. The van der Waals surface area contributed by atoms with Gasteiger partial charge in [0.2, 0.25) is 5.91 Å². The van der Waals surface area contributed by atoms with Crippen molar-refractivity contribution in [1.29, 1.82) is 0 Å². The van der Waals surface area contributed by atoms with E-state index < -0.39 is 11.7 Å². The third kappa shape index (κ3) is 4.47. The number of primary amides is 1. The Kier molecular flexibility index (Phi) is 5.72. The second-order valence-electron chi connectivity index (χ2n) is 7.99. The molecule has 1 aliphatic heterocycles. The molecule has 3 atom stereocenters. The molecule has 1 aliphatic rings. The van der Waals surface area contributed by atoms with Crippen LogP contribution in [0.3, 0.4) is 0 Å². The van der Waals surface area contributed by atoms with Crippen LogP contribution in [0, 0.1) is 11.8 Å². The van der Waals surface area contributed by atoms with Crippen molar-refractivity contribution in [2.24, 2.45) is 17.6 Å². The van der Waals surface area contributed by atoms with Crippen molar-refractivity contribution >= 4 is 17.7 Å². The van der Waals surface area contributed by atoms with Gasteiger partial charge in [-0.2, -0.15) is 5.10 Å². The van der Waals surface area contributed by atoms with Gasteiger partial charge < -0.3 is 15.8 Å². The number of ether oxygens (including phenoxy) is 1. The van der Waals surface area contributed by atoms with Gasteiger partial charge in [0.1, 0.15) is 5.60 Å². The van der Waals surface area contributed by atoms with Crippen LogP contribution >= 0.6 is 0 Å². The number of fused-ring (bicyclic) bond motifs is 4. The Labute approximate surface area is 169 Å². The number of pyridine rings is 1. The summed E-state index contributed by atoms with van der Waals surface area (Å²) in [6.45, 7) is 7.54. The molecule has 0 fully saturated rings. The summed E-state index contributed by atoms with van der Waals surface area (Å²) in [6, 6.07) is 3.84. The Morgan fingerprint density at radius 3 is 2.90 bits per heavy atom. The Morgan fingerprint density at radius 1 is 1.41 bits per heavy atom. The molecule has 0 aromatic carbocycles.